The van der Waals surface area contributed by atoms with Crippen LogP contribution in [0, 0.1) is 0 Å². The lowest BCUT2D eigenvalue weighted by Crippen LogP contribution is -2.14. The molecule has 2 aromatic rings. The van der Waals surface area contributed by atoms with Crippen molar-refractivity contribution in [1.82, 2.24) is 0 Å². The minimum atomic E-state index is -0.0889. The third-order valence-corrected chi connectivity index (χ3v) is 3.35. The zero-order valence-electron chi connectivity index (χ0n) is 9.77. The number of nitrogens with one attached hydrogen (secondary N) is 1. The van der Waals surface area contributed by atoms with Crippen molar-refractivity contribution >= 4 is 34.5 Å². The Morgan fingerprint density at radius 3 is 2.94 bits per heavy atom. The number of carbonyl (C=O) groups is 1. The highest BCUT2D eigenvalue weighted by Gasteiger charge is 2.09. The first-order valence-corrected chi connectivity index (χ1v) is 6.65. The van der Waals surface area contributed by atoms with Crippen LogP contribution >= 0.6 is 22.9 Å². The van der Waals surface area contributed by atoms with Crippen LogP contribution in [0.25, 0.3) is 0 Å². The third-order valence-electron chi connectivity index (χ3n) is 2.38. The molecule has 1 aromatic carbocycles. The molecule has 1 N–H and O–H groups in total. The molecule has 0 aliphatic carbocycles. The number of hydrogen-bond acceptors (Lipinski definition) is 3. The fourth-order valence-corrected chi connectivity index (χ4v) is 2.39. The third kappa shape index (κ3) is 3.24. The van der Waals surface area contributed by atoms with Gasteiger partial charge in [0.1, 0.15) is 5.75 Å². The molecule has 0 saturated carbocycles. The summed E-state index contributed by atoms with van der Waals surface area (Å²) in [4.78, 5) is 11.9. The maximum atomic E-state index is 11.9. The zero-order valence-corrected chi connectivity index (χ0v) is 11.3. The Balaban J connectivity index is 2.08. The summed E-state index contributed by atoms with van der Waals surface area (Å²) in [5, 5.41) is 7.25. The first-order valence-electron chi connectivity index (χ1n) is 5.33. The molecule has 18 heavy (non-hydrogen) atoms. The van der Waals surface area contributed by atoms with Crippen LogP contribution in [0.4, 0.5) is 5.69 Å². The van der Waals surface area contributed by atoms with E-state index in [-0.39, 0.29) is 5.91 Å². The molecular formula is C13H12ClNO2S. The van der Waals surface area contributed by atoms with E-state index in [2.05, 4.69) is 5.32 Å². The van der Waals surface area contributed by atoms with Gasteiger partial charge in [0.15, 0.2) is 0 Å². The van der Waals surface area contributed by atoms with Gasteiger partial charge >= 0.3 is 0 Å². The molecular weight excluding hydrogens is 270 g/mol. The van der Waals surface area contributed by atoms with Crippen molar-refractivity contribution in [1.29, 1.82) is 0 Å². The van der Waals surface area contributed by atoms with Gasteiger partial charge in [-0.25, -0.2) is 0 Å². The molecule has 0 spiro atoms. The second kappa shape index (κ2) is 5.89. The van der Waals surface area contributed by atoms with E-state index in [9.17, 15) is 4.79 Å². The number of thiophene rings is 1. The van der Waals surface area contributed by atoms with Gasteiger partial charge in [0, 0.05) is 5.02 Å². The monoisotopic (exact) mass is 281 g/mol. The van der Waals surface area contributed by atoms with Crippen molar-refractivity contribution in [3.8, 4) is 5.75 Å². The van der Waals surface area contributed by atoms with Crippen LogP contribution < -0.4 is 10.1 Å². The van der Waals surface area contributed by atoms with E-state index in [4.69, 9.17) is 16.3 Å². The Labute approximate surface area is 114 Å². The second-order valence-corrected chi connectivity index (χ2v) is 4.92. The summed E-state index contributed by atoms with van der Waals surface area (Å²) < 4.78 is 5.17. The van der Waals surface area contributed by atoms with E-state index in [1.807, 2.05) is 16.8 Å². The Morgan fingerprint density at radius 1 is 1.44 bits per heavy atom. The summed E-state index contributed by atoms with van der Waals surface area (Å²) in [6.45, 7) is 0. The van der Waals surface area contributed by atoms with Crippen LogP contribution in [-0.2, 0) is 11.2 Å². The molecule has 3 nitrogen and oxygen atoms in total. The number of halogens is 1. The summed E-state index contributed by atoms with van der Waals surface area (Å²) >= 11 is 7.47. The highest BCUT2D eigenvalue weighted by atomic mass is 35.5. The number of methoxy groups -OCH3 is 1. The molecule has 0 fully saturated rings. The smallest absolute Gasteiger partial charge is 0.228 e. The van der Waals surface area contributed by atoms with E-state index in [0.717, 1.165) is 5.56 Å². The normalized spacial score (nSPS) is 10.1. The van der Waals surface area contributed by atoms with Crippen LogP contribution in [0.1, 0.15) is 5.56 Å². The Morgan fingerprint density at radius 2 is 2.28 bits per heavy atom. The Kier molecular flexibility index (Phi) is 4.23. The minimum absolute atomic E-state index is 0.0889. The second-order valence-electron chi connectivity index (χ2n) is 3.70. The van der Waals surface area contributed by atoms with Gasteiger partial charge in [0.2, 0.25) is 5.91 Å². The molecule has 0 atom stereocenters. The predicted octanol–water partition coefficient (Wildman–Crippen LogP) is 3.59. The molecule has 0 radical (unpaired) electrons. The molecule has 94 valence electrons. The number of carbonyl (C=O) groups excluding carboxylic acids is 1. The minimum Gasteiger partial charge on any atom is -0.495 e. The van der Waals surface area contributed by atoms with E-state index in [1.54, 1.807) is 36.6 Å². The van der Waals surface area contributed by atoms with Crippen LogP contribution in [0.2, 0.25) is 5.02 Å². The summed E-state index contributed by atoms with van der Waals surface area (Å²) in [5.74, 6) is 0.507. The van der Waals surface area contributed by atoms with Gasteiger partial charge in [-0.1, -0.05) is 11.6 Å². The molecule has 0 aliphatic heterocycles. The van der Waals surface area contributed by atoms with Crippen LogP contribution in [0.3, 0.4) is 0 Å². The molecule has 0 unspecified atom stereocenters. The van der Waals surface area contributed by atoms with E-state index < -0.39 is 0 Å². The lowest BCUT2D eigenvalue weighted by molar-refractivity contribution is -0.115. The number of anilines is 1. The molecule has 1 heterocycles. The molecule has 1 amide bonds. The van der Waals surface area contributed by atoms with Crippen molar-refractivity contribution in [2.45, 2.75) is 6.42 Å². The fraction of sp³-hybridized carbons (Fsp3) is 0.154. The van der Waals surface area contributed by atoms with Crippen LogP contribution in [0.15, 0.2) is 35.0 Å². The Hall–Kier alpha value is -1.52. The molecule has 1 aromatic heterocycles. The van der Waals surface area contributed by atoms with Gasteiger partial charge < -0.3 is 10.1 Å². The standard InChI is InChI=1S/C13H12ClNO2S/c1-17-12-3-2-10(14)7-11(12)15-13(16)6-9-4-5-18-8-9/h2-5,7-8H,6H2,1H3,(H,15,16). The molecule has 2 rings (SSSR count). The van der Waals surface area contributed by atoms with Crippen LogP contribution in [-0.4, -0.2) is 13.0 Å². The summed E-state index contributed by atoms with van der Waals surface area (Å²) in [5.41, 5.74) is 1.59. The zero-order chi connectivity index (χ0) is 13.0. The number of benzene rings is 1. The largest absolute Gasteiger partial charge is 0.495 e. The summed E-state index contributed by atoms with van der Waals surface area (Å²) in [6, 6.07) is 7.04. The van der Waals surface area contributed by atoms with Crippen molar-refractivity contribution < 1.29 is 9.53 Å². The molecule has 5 heteroatoms. The first kappa shape index (κ1) is 12.9. The van der Waals surface area contributed by atoms with Crippen molar-refractivity contribution in [2.24, 2.45) is 0 Å². The van der Waals surface area contributed by atoms with Crippen LogP contribution in [0.5, 0.6) is 5.75 Å². The van der Waals surface area contributed by atoms with Crippen molar-refractivity contribution in [3.05, 3.63) is 45.6 Å². The van der Waals surface area contributed by atoms with Gasteiger partial charge in [0.05, 0.1) is 19.2 Å². The molecule has 0 bridgehead atoms. The number of ether oxygens (including phenoxy) is 1. The highest BCUT2D eigenvalue weighted by Crippen LogP contribution is 2.27. The quantitative estimate of drug-likeness (QED) is 0.930. The highest BCUT2D eigenvalue weighted by molar-refractivity contribution is 7.08. The number of amides is 1. The van der Waals surface area contributed by atoms with Gasteiger partial charge in [-0.05, 0) is 40.6 Å². The first-order chi connectivity index (χ1) is 8.69. The lowest BCUT2D eigenvalue weighted by Gasteiger charge is -2.10. The van der Waals surface area contributed by atoms with Crippen molar-refractivity contribution in [3.63, 3.8) is 0 Å². The lowest BCUT2D eigenvalue weighted by atomic mass is 10.2. The van der Waals surface area contributed by atoms with Gasteiger partial charge in [0.25, 0.3) is 0 Å². The molecule has 0 aliphatic rings. The number of hydrogen-bond donors (Lipinski definition) is 1. The van der Waals surface area contributed by atoms with E-state index in [0.29, 0.717) is 22.9 Å². The van der Waals surface area contributed by atoms with E-state index in [1.165, 1.54) is 0 Å². The predicted molar refractivity (Wildman–Crippen MR) is 74.7 cm³/mol. The maximum absolute atomic E-state index is 11.9. The number of rotatable bonds is 4. The van der Waals surface area contributed by atoms with Gasteiger partial charge in [-0.3, -0.25) is 4.79 Å². The molecule has 0 saturated heterocycles. The topological polar surface area (TPSA) is 38.3 Å². The maximum Gasteiger partial charge on any atom is 0.228 e. The Bertz CT molecular complexity index is 540. The summed E-state index contributed by atoms with van der Waals surface area (Å²) in [6.07, 6.45) is 0.346. The average Bonchev–Trinajstić information content (AvgIpc) is 2.82. The van der Waals surface area contributed by atoms with Gasteiger partial charge in [-0.2, -0.15) is 11.3 Å². The van der Waals surface area contributed by atoms with Gasteiger partial charge in [-0.15, -0.1) is 0 Å². The summed E-state index contributed by atoms with van der Waals surface area (Å²) in [7, 11) is 1.55. The fourth-order valence-electron chi connectivity index (χ4n) is 1.55. The van der Waals surface area contributed by atoms with E-state index >= 15 is 0 Å². The average molecular weight is 282 g/mol. The SMILES string of the molecule is COc1ccc(Cl)cc1NC(=O)Cc1ccsc1. The van der Waals surface area contributed by atoms with Crippen molar-refractivity contribution in [2.75, 3.05) is 12.4 Å².